The van der Waals surface area contributed by atoms with Gasteiger partial charge in [0.1, 0.15) is 0 Å². The molecule has 2 heteroatoms. The van der Waals surface area contributed by atoms with Crippen LogP contribution >= 0.6 is 0 Å². The standard InChI is InChI=1S/C8H13NO/c1-10-9-8-5-6-3-2-4-7(6)8/h2,4,6-9H,3,5H2,1H3. The van der Waals surface area contributed by atoms with Crippen LogP contribution in [0, 0.1) is 11.8 Å². The lowest BCUT2D eigenvalue weighted by Gasteiger charge is -2.39. The molecule has 0 radical (unpaired) electrons. The second-order valence-corrected chi connectivity index (χ2v) is 3.17. The summed E-state index contributed by atoms with van der Waals surface area (Å²) in [5.74, 6) is 1.69. The Bertz CT molecular complexity index is 155. The highest BCUT2D eigenvalue weighted by Gasteiger charge is 2.40. The van der Waals surface area contributed by atoms with Crippen LogP contribution < -0.4 is 5.48 Å². The van der Waals surface area contributed by atoms with E-state index < -0.39 is 0 Å². The molecule has 1 saturated carbocycles. The first kappa shape index (κ1) is 6.38. The molecule has 0 bridgehead atoms. The zero-order valence-electron chi connectivity index (χ0n) is 6.21. The molecule has 56 valence electrons. The Morgan fingerprint density at radius 1 is 1.60 bits per heavy atom. The van der Waals surface area contributed by atoms with E-state index in [4.69, 9.17) is 4.84 Å². The Balaban J connectivity index is 1.88. The monoisotopic (exact) mass is 139 g/mol. The average molecular weight is 139 g/mol. The van der Waals surface area contributed by atoms with Crippen LogP contribution in [0.3, 0.4) is 0 Å². The van der Waals surface area contributed by atoms with Gasteiger partial charge in [-0.3, -0.25) is 0 Å². The van der Waals surface area contributed by atoms with Crippen LogP contribution in [0.5, 0.6) is 0 Å². The van der Waals surface area contributed by atoms with E-state index in [9.17, 15) is 0 Å². The van der Waals surface area contributed by atoms with Gasteiger partial charge in [-0.05, 0) is 24.7 Å². The molecule has 2 aliphatic carbocycles. The van der Waals surface area contributed by atoms with E-state index in [-0.39, 0.29) is 0 Å². The molecule has 0 spiro atoms. The van der Waals surface area contributed by atoms with Crippen LogP contribution in [0.4, 0.5) is 0 Å². The zero-order valence-corrected chi connectivity index (χ0v) is 6.21. The lowest BCUT2D eigenvalue weighted by atomic mass is 9.72. The molecule has 0 aromatic carbocycles. The number of hydrogen-bond donors (Lipinski definition) is 1. The Kier molecular flexibility index (Phi) is 1.51. The van der Waals surface area contributed by atoms with Gasteiger partial charge in [0, 0.05) is 6.04 Å². The lowest BCUT2D eigenvalue weighted by molar-refractivity contribution is -0.00550. The smallest absolute Gasteiger partial charge is 0.0572 e. The molecule has 1 N–H and O–H groups in total. The maximum atomic E-state index is 4.87. The first-order valence-corrected chi connectivity index (χ1v) is 3.87. The molecular formula is C8H13NO. The van der Waals surface area contributed by atoms with E-state index in [1.165, 1.54) is 12.8 Å². The van der Waals surface area contributed by atoms with E-state index in [2.05, 4.69) is 17.6 Å². The molecule has 0 amide bonds. The molecule has 0 aliphatic heterocycles. The summed E-state index contributed by atoms with van der Waals surface area (Å²) < 4.78 is 0. The summed E-state index contributed by atoms with van der Waals surface area (Å²) in [5.41, 5.74) is 3.00. The van der Waals surface area contributed by atoms with Crippen LogP contribution in [0.2, 0.25) is 0 Å². The quantitative estimate of drug-likeness (QED) is 0.457. The highest BCUT2D eigenvalue weighted by Crippen LogP contribution is 2.42. The largest absolute Gasteiger partial charge is 0.305 e. The Labute approximate surface area is 61.2 Å². The lowest BCUT2D eigenvalue weighted by Crippen LogP contribution is -2.47. The maximum absolute atomic E-state index is 4.87. The van der Waals surface area contributed by atoms with Gasteiger partial charge in [0.2, 0.25) is 0 Å². The van der Waals surface area contributed by atoms with Gasteiger partial charge in [-0.2, -0.15) is 5.48 Å². The van der Waals surface area contributed by atoms with Crippen molar-refractivity contribution in [3.8, 4) is 0 Å². The van der Waals surface area contributed by atoms with Crippen LogP contribution in [-0.4, -0.2) is 13.2 Å². The summed E-state index contributed by atoms with van der Waals surface area (Å²) in [7, 11) is 1.69. The van der Waals surface area contributed by atoms with Gasteiger partial charge >= 0.3 is 0 Å². The van der Waals surface area contributed by atoms with Gasteiger partial charge in [-0.15, -0.1) is 0 Å². The number of nitrogens with one attached hydrogen (secondary N) is 1. The van der Waals surface area contributed by atoms with Crippen LogP contribution in [-0.2, 0) is 4.84 Å². The zero-order chi connectivity index (χ0) is 6.97. The van der Waals surface area contributed by atoms with E-state index in [1.54, 1.807) is 7.11 Å². The van der Waals surface area contributed by atoms with Gasteiger partial charge in [0.15, 0.2) is 0 Å². The normalized spacial score (nSPS) is 43.1. The van der Waals surface area contributed by atoms with Crippen molar-refractivity contribution in [3.05, 3.63) is 12.2 Å². The topological polar surface area (TPSA) is 21.3 Å². The molecule has 0 aromatic rings. The average Bonchev–Trinajstić information content (AvgIpc) is 2.26. The third kappa shape index (κ3) is 0.796. The molecule has 2 nitrogen and oxygen atoms in total. The fraction of sp³-hybridized carbons (Fsp3) is 0.750. The minimum absolute atomic E-state index is 0.591. The predicted octanol–water partition coefficient (Wildman–Crippen LogP) is 1.10. The highest BCUT2D eigenvalue weighted by atomic mass is 16.6. The summed E-state index contributed by atoms with van der Waals surface area (Å²) in [6.07, 6.45) is 7.16. The van der Waals surface area contributed by atoms with E-state index in [0.717, 1.165) is 11.8 Å². The number of rotatable bonds is 2. The molecule has 0 saturated heterocycles. The molecule has 0 heterocycles. The van der Waals surface area contributed by atoms with Gasteiger partial charge < -0.3 is 4.84 Å². The molecule has 0 aromatic heterocycles. The van der Waals surface area contributed by atoms with Crippen molar-refractivity contribution >= 4 is 0 Å². The second-order valence-electron chi connectivity index (χ2n) is 3.17. The van der Waals surface area contributed by atoms with Gasteiger partial charge in [-0.1, -0.05) is 12.2 Å². The molecule has 3 atom stereocenters. The van der Waals surface area contributed by atoms with Crippen molar-refractivity contribution in [1.82, 2.24) is 5.48 Å². The van der Waals surface area contributed by atoms with Crippen LogP contribution in [0.15, 0.2) is 12.2 Å². The van der Waals surface area contributed by atoms with E-state index >= 15 is 0 Å². The summed E-state index contributed by atoms with van der Waals surface area (Å²) in [6.45, 7) is 0. The minimum atomic E-state index is 0.591. The molecule has 10 heavy (non-hydrogen) atoms. The molecule has 3 unspecified atom stereocenters. The third-order valence-corrected chi connectivity index (χ3v) is 2.63. The second kappa shape index (κ2) is 2.36. The van der Waals surface area contributed by atoms with Crippen molar-refractivity contribution in [2.45, 2.75) is 18.9 Å². The predicted molar refractivity (Wildman–Crippen MR) is 39.3 cm³/mol. The molecule has 1 fully saturated rings. The van der Waals surface area contributed by atoms with Gasteiger partial charge in [0.25, 0.3) is 0 Å². The number of allylic oxidation sites excluding steroid dienone is 1. The fourth-order valence-electron chi connectivity index (χ4n) is 2.01. The Hall–Kier alpha value is -0.340. The summed E-state index contributed by atoms with van der Waals surface area (Å²) in [6, 6.07) is 0.591. The third-order valence-electron chi connectivity index (χ3n) is 2.63. The van der Waals surface area contributed by atoms with Gasteiger partial charge in [0.05, 0.1) is 7.11 Å². The van der Waals surface area contributed by atoms with Crippen molar-refractivity contribution in [1.29, 1.82) is 0 Å². The van der Waals surface area contributed by atoms with Crippen molar-refractivity contribution < 1.29 is 4.84 Å². The van der Waals surface area contributed by atoms with E-state index in [1.807, 2.05) is 0 Å². The first-order valence-electron chi connectivity index (χ1n) is 3.87. The number of hydrogen-bond acceptors (Lipinski definition) is 2. The SMILES string of the molecule is CONC1CC2CC=CC21. The summed E-state index contributed by atoms with van der Waals surface area (Å²) >= 11 is 0. The molecule has 2 rings (SSSR count). The minimum Gasteiger partial charge on any atom is -0.305 e. The maximum Gasteiger partial charge on any atom is 0.0572 e. The van der Waals surface area contributed by atoms with Crippen LogP contribution in [0.1, 0.15) is 12.8 Å². The van der Waals surface area contributed by atoms with Gasteiger partial charge in [-0.25, -0.2) is 0 Å². The van der Waals surface area contributed by atoms with E-state index in [0.29, 0.717) is 6.04 Å². The Morgan fingerprint density at radius 3 is 3.20 bits per heavy atom. The first-order chi connectivity index (χ1) is 4.92. The van der Waals surface area contributed by atoms with Crippen molar-refractivity contribution in [2.24, 2.45) is 11.8 Å². The fourth-order valence-corrected chi connectivity index (χ4v) is 2.01. The van der Waals surface area contributed by atoms with Crippen molar-refractivity contribution in [2.75, 3.05) is 7.11 Å². The highest BCUT2D eigenvalue weighted by molar-refractivity contribution is 5.12. The number of fused-ring (bicyclic) bond motifs is 1. The molecule has 2 aliphatic rings. The number of hydroxylamine groups is 1. The Morgan fingerprint density at radius 2 is 2.50 bits per heavy atom. The van der Waals surface area contributed by atoms with Crippen LogP contribution in [0.25, 0.3) is 0 Å². The van der Waals surface area contributed by atoms with Crippen molar-refractivity contribution in [3.63, 3.8) is 0 Å². The summed E-state index contributed by atoms with van der Waals surface area (Å²) in [4.78, 5) is 4.87. The summed E-state index contributed by atoms with van der Waals surface area (Å²) in [5, 5.41) is 0. The molecular weight excluding hydrogens is 126 g/mol.